The molecule has 4 heterocycles. The molecule has 2 atom stereocenters. The summed E-state index contributed by atoms with van der Waals surface area (Å²) >= 11 is 25.1. The molecule has 0 saturated carbocycles. The molecule has 2 saturated heterocycles. The third-order valence-electron chi connectivity index (χ3n) is 9.85. The van der Waals surface area contributed by atoms with Crippen molar-refractivity contribution in [1.29, 1.82) is 10.8 Å². The number of aliphatic imine (C=N–C) groups is 2. The first-order chi connectivity index (χ1) is 28.6. The van der Waals surface area contributed by atoms with Crippen molar-refractivity contribution in [2.75, 3.05) is 62.8 Å². The van der Waals surface area contributed by atoms with Crippen LogP contribution in [0.15, 0.2) is 104 Å². The molecule has 4 aliphatic heterocycles. The highest BCUT2D eigenvalue weighted by molar-refractivity contribution is 9.10. The number of halogens is 5. The van der Waals surface area contributed by atoms with E-state index in [0.717, 1.165) is 54.0 Å². The summed E-state index contributed by atoms with van der Waals surface area (Å²) < 4.78 is 28.4. The summed E-state index contributed by atoms with van der Waals surface area (Å²) in [6.07, 6.45) is 0. The number of anilines is 2. The van der Waals surface area contributed by atoms with Crippen LogP contribution in [0.1, 0.15) is 43.0 Å². The Kier molecular flexibility index (Phi) is 16.0. The van der Waals surface area contributed by atoms with E-state index in [4.69, 9.17) is 59.7 Å². The van der Waals surface area contributed by atoms with Crippen LogP contribution >= 0.6 is 73.1 Å². The van der Waals surface area contributed by atoms with Crippen LogP contribution < -0.4 is 10.2 Å². The standard InChI is InChI=1S/C18H16BrClN4.C16H12BrClN2O.C8H16ClN2O3P/c1-10-18(22)24(11(2)21)16-8-5-13(19)9-15(16)17(23-10)12-3-6-14(20)7-4-12;1-9-16(21)20-14-7-4-11(17)8-13(14)15(19-9)10-2-5-12(18)6-3-10;9-15(12,10-1-5-13-6-2-10)11-3-7-14-8-4-11/h3-10,21-22H,1-2H3;2-9H,1H3,(H,20,21);1-8H2/t10-;9-;/m00./s1. The molecule has 12 nitrogen and oxygen atoms in total. The van der Waals surface area contributed by atoms with Crippen molar-refractivity contribution < 1.29 is 18.8 Å². The highest BCUT2D eigenvalue weighted by Crippen LogP contribution is 2.58. The molecule has 4 aromatic carbocycles. The second kappa shape index (κ2) is 20.7. The minimum atomic E-state index is -2.86. The number of hydrogen-bond acceptors (Lipinski definition) is 8. The zero-order valence-corrected chi connectivity index (χ0v) is 39.4. The number of ether oxygens (including phenoxy) is 2. The van der Waals surface area contributed by atoms with Gasteiger partial charge in [0.05, 0.1) is 49.2 Å². The summed E-state index contributed by atoms with van der Waals surface area (Å²) in [7, 11) is 0. The number of carbonyl (C=O) groups is 1. The van der Waals surface area contributed by atoms with Gasteiger partial charge in [0.2, 0.25) is 5.91 Å². The van der Waals surface area contributed by atoms with E-state index < -0.39 is 12.8 Å². The van der Waals surface area contributed by atoms with Crippen LogP contribution in [0.25, 0.3) is 0 Å². The number of rotatable bonds is 4. The fourth-order valence-corrected chi connectivity index (χ4v) is 10.3. The summed E-state index contributed by atoms with van der Waals surface area (Å²) in [5, 5.41) is 20.8. The lowest BCUT2D eigenvalue weighted by atomic mass is 10.00. The smallest absolute Gasteiger partial charge is 0.304 e. The third-order valence-corrected chi connectivity index (χ3v) is 14.8. The number of carbonyl (C=O) groups excluding carboxylic acids is 1. The Morgan fingerprint density at radius 1 is 0.750 bits per heavy atom. The van der Waals surface area contributed by atoms with E-state index in [0.29, 0.717) is 68.5 Å². The molecule has 60 heavy (non-hydrogen) atoms. The number of benzene rings is 4. The lowest BCUT2D eigenvalue weighted by molar-refractivity contribution is -0.116. The van der Waals surface area contributed by atoms with Crippen LogP contribution in [0.2, 0.25) is 10.0 Å². The van der Waals surface area contributed by atoms with Gasteiger partial charge in [-0.15, -0.1) is 0 Å². The molecule has 0 radical (unpaired) electrons. The maximum absolute atomic E-state index is 12.4. The number of amides is 1. The van der Waals surface area contributed by atoms with E-state index in [-0.39, 0.29) is 17.8 Å². The number of nitrogens with zero attached hydrogens (tertiary/aromatic N) is 5. The predicted octanol–water partition coefficient (Wildman–Crippen LogP) is 10.4. The Morgan fingerprint density at radius 2 is 1.20 bits per heavy atom. The molecule has 0 bridgehead atoms. The predicted molar refractivity (Wildman–Crippen MR) is 252 cm³/mol. The zero-order chi connectivity index (χ0) is 43.1. The normalized spacial score (nSPS) is 19.7. The number of fused-ring (bicyclic) bond motifs is 2. The van der Waals surface area contributed by atoms with Crippen molar-refractivity contribution >= 4 is 113 Å². The van der Waals surface area contributed by atoms with E-state index in [1.165, 1.54) is 0 Å². The SMILES string of the molecule is CC(=N)N1C(=N)[C@H](C)N=C(c2ccc(Cl)cc2)c2cc(Br)ccc21.C[C@@H]1N=C(c2ccc(Cl)cc2)c2cc(Br)ccc2NC1=O.O=P(Cl)(N1CCOCC1)N1CCOCC1. The van der Waals surface area contributed by atoms with Crippen molar-refractivity contribution in [1.82, 2.24) is 9.34 Å². The monoisotopic (exact) mass is 1020 g/mol. The van der Waals surface area contributed by atoms with Crippen molar-refractivity contribution in [2.45, 2.75) is 32.9 Å². The van der Waals surface area contributed by atoms with E-state index in [9.17, 15) is 9.36 Å². The quantitative estimate of drug-likeness (QED) is 0.105. The second-order valence-electron chi connectivity index (χ2n) is 14.1. The van der Waals surface area contributed by atoms with Gasteiger partial charge in [0.1, 0.15) is 23.8 Å². The molecule has 3 N–H and O–H groups in total. The van der Waals surface area contributed by atoms with E-state index >= 15 is 0 Å². The molecule has 4 aliphatic rings. The summed E-state index contributed by atoms with van der Waals surface area (Å²) in [4.78, 5) is 23.0. The molecule has 4 aromatic rings. The van der Waals surface area contributed by atoms with Crippen LogP contribution in [0.3, 0.4) is 0 Å². The lowest BCUT2D eigenvalue weighted by Crippen LogP contribution is -2.41. The first-order valence-electron chi connectivity index (χ1n) is 19.1. The number of morpholine rings is 2. The van der Waals surface area contributed by atoms with Gasteiger partial charge in [-0.25, -0.2) is 9.34 Å². The van der Waals surface area contributed by atoms with E-state index in [1.54, 1.807) is 18.7 Å². The average molecular weight is 1020 g/mol. The molecule has 18 heteroatoms. The molecular formula is C42H44Br2Cl3N8O4P. The molecule has 0 spiro atoms. The van der Waals surface area contributed by atoms with Gasteiger partial charge >= 0.3 is 6.80 Å². The van der Waals surface area contributed by atoms with Gasteiger partial charge in [-0.1, -0.05) is 79.3 Å². The Morgan fingerprint density at radius 3 is 1.70 bits per heavy atom. The van der Waals surface area contributed by atoms with E-state index in [2.05, 4.69) is 42.2 Å². The van der Waals surface area contributed by atoms with E-state index in [1.807, 2.05) is 101 Å². The fraction of sp³-hybridized carbons (Fsp3) is 0.310. The van der Waals surface area contributed by atoms with Crippen LogP contribution in [0, 0.1) is 10.8 Å². The average Bonchev–Trinajstić information content (AvgIpc) is 3.43. The molecule has 1 amide bonds. The maximum atomic E-state index is 12.4. The molecule has 0 aromatic heterocycles. The molecular weight excluding hydrogens is 978 g/mol. The minimum Gasteiger partial charge on any atom is -0.379 e. The number of benzodiazepines with no additional fused rings is 2. The van der Waals surface area contributed by atoms with Gasteiger partial charge in [0.25, 0.3) is 0 Å². The van der Waals surface area contributed by atoms with Gasteiger partial charge in [0.15, 0.2) is 0 Å². The molecule has 2 fully saturated rings. The summed E-state index contributed by atoms with van der Waals surface area (Å²) in [5.74, 6) is 0.473. The Hall–Kier alpha value is -3.27. The van der Waals surface area contributed by atoms with Gasteiger partial charge in [-0.05, 0) is 92.7 Å². The summed E-state index contributed by atoms with van der Waals surface area (Å²) in [6.45, 7) is 7.52. The molecule has 8 rings (SSSR count). The minimum absolute atomic E-state index is 0.109. The summed E-state index contributed by atoms with van der Waals surface area (Å²) in [6, 6.07) is 25.7. The number of hydrogen-bond donors (Lipinski definition) is 3. The van der Waals surface area contributed by atoms with Gasteiger partial charge < -0.3 is 14.8 Å². The van der Waals surface area contributed by atoms with Crippen LogP contribution in [-0.2, 0) is 18.8 Å². The summed E-state index contributed by atoms with van der Waals surface area (Å²) in [5.41, 5.74) is 6.77. The lowest BCUT2D eigenvalue weighted by Gasteiger charge is -2.38. The first-order valence-corrected chi connectivity index (χ1v) is 24.0. The molecule has 0 unspecified atom stereocenters. The van der Waals surface area contributed by atoms with Crippen molar-refractivity contribution in [2.24, 2.45) is 9.98 Å². The Labute approximate surface area is 381 Å². The number of amidine groups is 2. The Bertz CT molecular complexity index is 2320. The van der Waals surface area contributed by atoms with Crippen molar-refractivity contribution in [3.63, 3.8) is 0 Å². The molecule has 316 valence electrons. The van der Waals surface area contributed by atoms with Crippen LogP contribution in [0.5, 0.6) is 0 Å². The van der Waals surface area contributed by atoms with Crippen LogP contribution in [-0.4, -0.2) is 103 Å². The van der Waals surface area contributed by atoms with Crippen molar-refractivity contribution in [3.8, 4) is 0 Å². The first kappa shape index (κ1) is 46.2. The van der Waals surface area contributed by atoms with Gasteiger partial charge in [0, 0.05) is 67.4 Å². The molecule has 0 aliphatic carbocycles. The van der Waals surface area contributed by atoms with Gasteiger partial charge in [-0.2, -0.15) is 0 Å². The third kappa shape index (κ3) is 11.2. The Balaban J connectivity index is 0.000000155. The largest absolute Gasteiger partial charge is 0.379 e. The maximum Gasteiger partial charge on any atom is 0.304 e. The number of nitrogens with one attached hydrogen (secondary N) is 3. The highest BCUT2D eigenvalue weighted by atomic mass is 79.9. The van der Waals surface area contributed by atoms with Crippen molar-refractivity contribution in [3.05, 3.63) is 126 Å². The van der Waals surface area contributed by atoms with Crippen LogP contribution in [0.4, 0.5) is 11.4 Å². The topological polar surface area (TPSA) is 147 Å². The fourth-order valence-electron chi connectivity index (χ4n) is 6.73. The second-order valence-corrected chi connectivity index (χ2v) is 20.2. The highest BCUT2D eigenvalue weighted by Gasteiger charge is 2.37. The van der Waals surface area contributed by atoms with Gasteiger partial charge in [-0.3, -0.25) is 35.1 Å². The zero-order valence-electron chi connectivity index (χ0n) is 33.1.